The predicted molar refractivity (Wildman–Crippen MR) is 286 cm³/mol. The minimum absolute atomic E-state index is 0.00354. The highest BCUT2D eigenvalue weighted by Crippen LogP contribution is 2.55. The quantitative estimate of drug-likeness (QED) is 0.165. The van der Waals surface area contributed by atoms with Gasteiger partial charge >= 0.3 is 0 Å². The standard InChI is InChI=1S/C63H58BN3O/c1-60(2,3)41-23-26-42(27-24-41)67-53-32-44(66-50-20-14-11-17-46(50)55-58(66)45-16-10-13-19-48(45)63(55,8)9)31-52-57(53)64(56-47-18-12-15-21-54(47)68-59(56)67)49-29-39-35-62(6,7)36-40(39)30-51(49)65(52)43-25-22-37-33-61(4,5)34-38(37)28-43/h10-32H,33-36H2,1-9H3/i10D,11D,12D,13D,14D,15D,18D,21D,22D,23D,24D,25D,26D,27D,28D,29D,30D. The van der Waals surface area contributed by atoms with Crippen LogP contribution >= 0.6 is 0 Å². The van der Waals surface area contributed by atoms with Gasteiger partial charge < -0.3 is 13.9 Å². The van der Waals surface area contributed by atoms with Gasteiger partial charge in [0.1, 0.15) is 5.58 Å². The van der Waals surface area contributed by atoms with Crippen LogP contribution in [-0.4, -0.2) is 11.3 Å². The molecule has 0 bridgehead atoms. The monoisotopic (exact) mass is 901 g/mol. The molecule has 4 heterocycles. The van der Waals surface area contributed by atoms with Crippen molar-refractivity contribution >= 4 is 79.3 Å². The molecule has 0 N–H and O–H groups in total. The van der Waals surface area contributed by atoms with Crippen molar-refractivity contribution in [3.05, 3.63) is 178 Å². The zero-order valence-corrected chi connectivity index (χ0v) is 39.6. The number of benzene rings is 7. The highest BCUT2D eigenvalue weighted by atomic mass is 16.4. The molecule has 0 saturated carbocycles. The van der Waals surface area contributed by atoms with Gasteiger partial charge in [0.25, 0.3) is 6.71 Å². The molecule has 4 nitrogen and oxygen atoms in total. The number of para-hydroxylation sites is 2. The molecule has 0 saturated heterocycles. The van der Waals surface area contributed by atoms with E-state index in [1.54, 1.807) is 62.1 Å². The summed E-state index contributed by atoms with van der Waals surface area (Å²) in [6.07, 6.45) is 1.60. The SMILES string of the molecule is [2H]c1cc2c(cc1[2H])C(C)(C)c1c-2n(-c2cc3c4c(c2)N(c2c([2H])c([2H])c5c(c2[2H])CC(C)(C)C5)c2c([2H])c5c(c([2H])c2B4c2c(oc4c([2H])c([2H])c([2H])c([2H])c24)N3c2c([2H])c([2H])c(C(C)(C)C)c([2H])c2[2H])CC(C)(C)C5)c2cc([2H])c([2H])cc12. The highest BCUT2D eigenvalue weighted by molar-refractivity contribution is 7.01. The normalized spacial score (nSPS) is 21.0. The number of anilines is 6. The third-order valence-corrected chi connectivity index (χ3v) is 15.2. The van der Waals surface area contributed by atoms with Gasteiger partial charge in [-0.25, -0.2) is 0 Å². The van der Waals surface area contributed by atoms with Crippen LogP contribution in [0.4, 0.5) is 34.3 Å². The Hall–Kier alpha value is -6.72. The summed E-state index contributed by atoms with van der Waals surface area (Å²) in [5.74, 6) is -0.197. The van der Waals surface area contributed by atoms with E-state index in [2.05, 4.69) is 13.8 Å². The van der Waals surface area contributed by atoms with Crippen molar-refractivity contribution in [2.24, 2.45) is 10.8 Å². The molecule has 9 aromatic rings. The van der Waals surface area contributed by atoms with Crippen LogP contribution in [0.5, 0.6) is 0 Å². The Labute approximate surface area is 425 Å². The second kappa shape index (κ2) is 13.3. The van der Waals surface area contributed by atoms with Crippen LogP contribution in [0, 0.1) is 10.8 Å². The van der Waals surface area contributed by atoms with Crippen LogP contribution in [0.1, 0.15) is 125 Å². The fourth-order valence-electron chi connectivity index (χ4n) is 12.3. The molecule has 68 heavy (non-hydrogen) atoms. The van der Waals surface area contributed by atoms with Crippen molar-refractivity contribution in [2.45, 2.75) is 98.8 Å². The summed E-state index contributed by atoms with van der Waals surface area (Å²) < 4.78 is 173. The molecule has 5 heteroatoms. The number of fused-ring (bicyclic) bond motifs is 13. The van der Waals surface area contributed by atoms with E-state index in [4.69, 9.17) is 11.3 Å². The minimum atomic E-state index is -1.27. The van der Waals surface area contributed by atoms with E-state index in [1.165, 1.54) is 4.90 Å². The molecule has 0 spiro atoms. The first kappa shape index (κ1) is 26.7. The third kappa shape index (κ3) is 5.50. The summed E-state index contributed by atoms with van der Waals surface area (Å²) >= 11 is 0. The third-order valence-electron chi connectivity index (χ3n) is 15.2. The molecule has 0 fully saturated rings. The molecule has 2 aliphatic heterocycles. The van der Waals surface area contributed by atoms with Crippen LogP contribution in [0.2, 0.25) is 0 Å². The molecule has 7 aromatic carbocycles. The Kier molecular flexibility index (Phi) is 5.22. The zero-order chi connectivity index (χ0) is 61.2. The van der Waals surface area contributed by atoms with Gasteiger partial charge in [-0.15, -0.1) is 0 Å². The van der Waals surface area contributed by atoms with Gasteiger partial charge in [-0.1, -0.05) is 147 Å². The summed E-state index contributed by atoms with van der Waals surface area (Å²) in [7, 11) is 0. The van der Waals surface area contributed by atoms with E-state index in [0.717, 1.165) is 11.1 Å². The first-order valence-electron chi connectivity index (χ1n) is 32.1. The predicted octanol–water partition coefficient (Wildman–Crippen LogP) is 14.3. The van der Waals surface area contributed by atoms with Crippen LogP contribution in [0.3, 0.4) is 0 Å². The Balaban J connectivity index is 1.25. The molecule has 0 atom stereocenters. The first-order chi connectivity index (χ1) is 39.6. The lowest BCUT2D eigenvalue weighted by molar-refractivity contribution is 0.392. The van der Waals surface area contributed by atoms with Crippen LogP contribution < -0.4 is 26.2 Å². The van der Waals surface area contributed by atoms with Gasteiger partial charge in [-0.2, -0.15) is 0 Å². The van der Waals surface area contributed by atoms with Crippen molar-refractivity contribution in [2.75, 3.05) is 9.80 Å². The van der Waals surface area contributed by atoms with Crippen molar-refractivity contribution in [3.8, 4) is 16.9 Å². The van der Waals surface area contributed by atoms with E-state index in [1.807, 2.05) is 32.3 Å². The maximum atomic E-state index is 10.6. The Morgan fingerprint density at radius 1 is 0.588 bits per heavy atom. The molecular formula is C63H58BN3O. The summed E-state index contributed by atoms with van der Waals surface area (Å²) in [5, 5.41) is 0.508. The molecule has 0 radical (unpaired) electrons. The molecule has 0 amide bonds. The molecule has 14 rings (SSSR count). The molecule has 5 aliphatic rings. The Bertz CT molecular complexity index is 4650. The first-order valence-corrected chi connectivity index (χ1v) is 23.6. The smallest absolute Gasteiger partial charge is 0.257 e. The number of aromatic nitrogens is 1. The van der Waals surface area contributed by atoms with E-state index < -0.39 is 64.6 Å². The number of hydrogen-bond acceptors (Lipinski definition) is 3. The Morgan fingerprint density at radius 2 is 1.24 bits per heavy atom. The van der Waals surface area contributed by atoms with Crippen LogP contribution in [0.15, 0.2) is 144 Å². The van der Waals surface area contributed by atoms with Gasteiger partial charge in [0.2, 0.25) is 5.88 Å². The molecule has 3 aliphatic carbocycles. The average molecular weight is 901 g/mol. The largest absolute Gasteiger partial charge is 0.440 e. The maximum Gasteiger partial charge on any atom is 0.257 e. The van der Waals surface area contributed by atoms with Gasteiger partial charge in [-0.3, -0.25) is 4.90 Å². The second-order valence-electron chi connectivity index (χ2n) is 22.7. The molecular weight excluding hydrogens is 826 g/mol. The lowest BCUT2D eigenvalue weighted by Crippen LogP contribution is -2.61. The summed E-state index contributed by atoms with van der Waals surface area (Å²) in [6, 6.07) is 5.41. The van der Waals surface area contributed by atoms with Crippen molar-refractivity contribution in [1.29, 1.82) is 0 Å². The highest BCUT2D eigenvalue weighted by Gasteiger charge is 2.49. The fourth-order valence-corrected chi connectivity index (χ4v) is 12.3. The molecule has 2 aromatic heterocycles. The van der Waals surface area contributed by atoms with Crippen LogP contribution in [-0.2, 0) is 36.5 Å². The van der Waals surface area contributed by atoms with Gasteiger partial charge in [0, 0.05) is 55.7 Å². The van der Waals surface area contributed by atoms with Crippen molar-refractivity contribution in [3.63, 3.8) is 0 Å². The van der Waals surface area contributed by atoms with E-state index in [9.17, 15) is 16.4 Å². The minimum Gasteiger partial charge on any atom is -0.440 e. The number of rotatable bonds is 3. The van der Waals surface area contributed by atoms with Crippen molar-refractivity contribution in [1.82, 2.24) is 4.57 Å². The van der Waals surface area contributed by atoms with Gasteiger partial charge in [0.15, 0.2) is 0 Å². The van der Waals surface area contributed by atoms with E-state index in [-0.39, 0.29) is 134 Å². The Morgan fingerprint density at radius 3 is 2.00 bits per heavy atom. The van der Waals surface area contributed by atoms with E-state index >= 15 is 0 Å². The zero-order valence-electron chi connectivity index (χ0n) is 56.6. The number of nitrogens with zero attached hydrogens (tertiary/aromatic N) is 3. The maximum absolute atomic E-state index is 10.6. The molecule has 334 valence electrons. The summed E-state index contributed by atoms with van der Waals surface area (Å²) in [5.41, 5.74) is 3.52. The van der Waals surface area contributed by atoms with Gasteiger partial charge in [-0.05, 0) is 146 Å². The molecule has 0 unspecified atom stereocenters. The lowest BCUT2D eigenvalue weighted by Gasteiger charge is -2.43. The number of furan rings is 1. The summed E-state index contributed by atoms with van der Waals surface area (Å²) in [4.78, 5) is 3.06. The second-order valence-corrected chi connectivity index (χ2v) is 22.7. The fraction of sp³-hybridized carbons (Fsp3) is 0.270. The topological polar surface area (TPSA) is 24.6 Å². The number of hydrogen-bond donors (Lipinski definition) is 0. The van der Waals surface area contributed by atoms with Gasteiger partial charge in [0.05, 0.1) is 40.2 Å². The van der Waals surface area contributed by atoms with E-state index in [0.29, 0.717) is 75.8 Å². The summed E-state index contributed by atoms with van der Waals surface area (Å²) in [6.45, 7) is 16.3. The van der Waals surface area contributed by atoms with Crippen molar-refractivity contribution < 1.29 is 27.7 Å². The van der Waals surface area contributed by atoms with Crippen LogP contribution in [0.25, 0.3) is 38.8 Å². The average Bonchev–Trinajstić information content (AvgIpc) is 1.69. The lowest BCUT2D eigenvalue weighted by atomic mass is 9.33.